The highest BCUT2D eigenvalue weighted by atomic mass is 16.5. The quantitative estimate of drug-likeness (QED) is 0.639. The molecule has 0 unspecified atom stereocenters. The molecule has 1 aromatic carbocycles. The molecule has 0 bridgehead atoms. The zero-order valence-electron chi connectivity index (χ0n) is 11.7. The number of aliphatic hydroxyl groups excluding tert-OH is 1. The minimum Gasteiger partial charge on any atom is -0.492 e. The van der Waals surface area contributed by atoms with Crippen LogP contribution in [0.1, 0.15) is 5.56 Å². The molecule has 21 heavy (non-hydrogen) atoms. The van der Waals surface area contributed by atoms with Gasteiger partial charge >= 0.3 is 6.03 Å². The number of aliphatic hydroxyl groups is 1. The van der Waals surface area contributed by atoms with Crippen molar-refractivity contribution in [2.24, 2.45) is 0 Å². The summed E-state index contributed by atoms with van der Waals surface area (Å²) in [6.07, 6.45) is 0. The van der Waals surface area contributed by atoms with E-state index in [1.54, 1.807) is 31.3 Å². The van der Waals surface area contributed by atoms with Crippen molar-refractivity contribution in [1.82, 2.24) is 9.80 Å². The summed E-state index contributed by atoms with van der Waals surface area (Å²) < 4.78 is 5.50. The maximum atomic E-state index is 11.6. The van der Waals surface area contributed by atoms with Crippen LogP contribution in [-0.4, -0.2) is 60.2 Å². The molecule has 6 nitrogen and oxygen atoms in total. The van der Waals surface area contributed by atoms with E-state index in [0.29, 0.717) is 5.75 Å². The van der Waals surface area contributed by atoms with Gasteiger partial charge in [0, 0.05) is 12.6 Å². The fourth-order valence-corrected chi connectivity index (χ4v) is 1.92. The summed E-state index contributed by atoms with van der Waals surface area (Å²) in [6.45, 7) is 0.419. The molecule has 1 aliphatic rings. The molecule has 6 heteroatoms. The van der Waals surface area contributed by atoms with Gasteiger partial charge in [-0.3, -0.25) is 9.69 Å². The fraction of sp³-hybridized carbons (Fsp3) is 0.333. The number of carbonyl (C=O) groups is 2. The van der Waals surface area contributed by atoms with E-state index < -0.39 is 0 Å². The maximum absolute atomic E-state index is 11.6. The first-order valence-corrected chi connectivity index (χ1v) is 6.50. The van der Waals surface area contributed by atoms with Crippen molar-refractivity contribution in [2.75, 3.05) is 33.4 Å². The molecule has 1 saturated heterocycles. The Bertz CT molecular complexity index is 586. The molecule has 1 aliphatic heterocycles. The molecule has 1 N–H and O–H groups in total. The first-order chi connectivity index (χ1) is 10.1. The lowest BCUT2D eigenvalue weighted by atomic mass is 10.2. The Kier molecular flexibility index (Phi) is 4.80. The number of hydrogen-bond donors (Lipinski definition) is 1. The highest BCUT2D eigenvalue weighted by Gasteiger charge is 2.32. The summed E-state index contributed by atoms with van der Waals surface area (Å²) in [7, 11) is 1.59. The number of ether oxygens (including phenoxy) is 1. The lowest BCUT2D eigenvalue weighted by Crippen LogP contribution is -2.35. The van der Waals surface area contributed by atoms with Crippen LogP contribution in [0.4, 0.5) is 4.79 Å². The summed E-state index contributed by atoms with van der Waals surface area (Å²) in [4.78, 5) is 25.8. The van der Waals surface area contributed by atoms with Crippen molar-refractivity contribution < 1.29 is 19.4 Å². The molecular formula is C15H16N2O4. The van der Waals surface area contributed by atoms with Crippen LogP contribution in [0, 0.1) is 11.8 Å². The molecule has 0 atom stereocenters. The summed E-state index contributed by atoms with van der Waals surface area (Å²) >= 11 is 0. The van der Waals surface area contributed by atoms with Gasteiger partial charge in [0.15, 0.2) is 0 Å². The SMILES string of the molecule is CN1CC(=O)N(CCOc2ccc(C#CCO)cc2)C1=O. The Labute approximate surface area is 122 Å². The summed E-state index contributed by atoms with van der Waals surface area (Å²) in [5.74, 6) is 5.77. The Hall–Kier alpha value is -2.52. The predicted molar refractivity (Wildman–Crippen MR) is 75.6 cm³/mol. The highest BCUT2D eigenvalue weighted by molar-refractivity contribution is 6.01. The van der Waals surface area contributed by atoms with Crippen LogP contribution < -0.4 is 4.74 Å². The standard InChI is InChI=1S/C15H16N2O4/c1-16-11-14(19)17(15(16)20)8-10-21-13-6-4-12(5-7-13)3-2-9-18/h4-7,18H,8-11H2,1H3. The zero-order chi connectivity index (χ0) is 15.2. The van der Waals surface area contributed by atoms with Gasteiger partial charge in [0.25, 0.3) is 0 Å². The van der Waals surface area contributed by atoms with E-state index in [1.165, 1.54) is 9.80 Å². The van der Waals surface area contributed by atoms with E-state index in [2.05, 4.69) is 11.8 Å². The van der Waals surface area contributed by atoms with E-state index in [4.69, 9.17) is 9.84 Å². The smallest absolute Gasteiger partial charge is 0.327 e. The molecule has 1 heterocycles. The number of urea groups is 1. The number of rotatable bonds is 4. The molecule has 0 aromatic heterocycles. The molecule has 1 aromatic rings. The minimum atomic E-state index is -0.293. The number of likely N-dealkylation sites (N-methyl/N-ethyl adjacent to an activating group) is 1. The second-order valence-electron chi connectivity index (χ2n) is 4.52. The molecule has 0 aliphatic carbocycles. The first kappa shape index (κ1) is 14.9. The second kappa shape index (κ2) is 6.77. The number of amides is 3. The molecule has 3 amide bonds. The second-order valence-corrected chi connectivity index (χ2v) is 4.52. The van der Waals surface area contributed by atoms with Crippen molar-refractivity contribution in [3.63, 3.8) is 0 Å². The third-order valence-electron chi connectivity index (χ3n) is 2.98. The lowest BCUT2D eigenvalue weighted by Gasteiger charge is -2.14. The van der Waals surface area contributed by atoms with Gasteiger partial charge in [-0.15, -0.1) is 0 Å². The third kappa shape index (κ3) is 3.74. The minimum absolute atomic E-state index is 0.122. The van der Waals surface area contributed by atoms with E-state index in [9.17, 15) is 9.59 Å². The summed E-state index contributed by atoms with van der Waals surface area (Å²) in [6, 6.07) is 6.76. The van der Waals surface area contributed by atoms with Crippen molar-refractivity contribution >= 4 is 11.9 Å². The van der Waals surface area contributed by atoms with E-state index >= 15 is 0 Å². The van der Waals surface area contributed by atoms with Crippen molar-refractivity contribution in [3.05, 3.63) is 29.8 Å². The van der Waals surface area contributed by atoms with Gasteiger partial charge in [0.2, 0.25) is 5.91 Å². The number of benzene rings is 1. The summed E-state index contributed by atoms with van der Waals surface area (Å²) in [5, 5.41) is 8.60. The van der Waals surface area contributed by atoms with Gasteiger partial charge in [-0.1, -0.05) is 11.8 Å². The Morgan fingerprint density at radius 3 is 2.57 bits per heavy atom. The molecule has 0 spiro atoms. The number of carbonyl (C=O) groups excluding carboxylic acids is 2. The number of imide groups is 1. The largest absolute Gasteiger partial charge is 0.492 e. The van der Waals surface area contributed by atoms with Crippen LogP contribution in [0.5, 0.6) is 5.75 Å². The predicted octanol–water partition coefficient (Wildman–Crippen LogP) is 0.303. The van der Waals surface area contributed by atoms with E-state index in [1.807, 2.05) is 0 Å². The van der Waals surface area contributed by atoms with Gasteiger partial charge in [-0.2, -0.15) is 0 Å². The van der Waals surface area contributed by atoms with Crippen LogP contribution >= 0.6 is 0 Å². The average Bonchev–Trinajstić information content (AvgIpc) is 2.72. The molecule has 0 saturated carbocycles. The van der Waals surface area contributed by atoms with Gasteiger partial charge in [-0.25, -0.2) is 4.79 Å². The fourth-order valence-electron chi connectivity index (χ4n) is 1.92. The number of nitrogens with zero attached hydrogens (tertiary/aromatic N) is 2. The van der Waals surface area contributed by atoms with Gasteiger partial charge in [-0.05, 0) is 24.3 Å². The first-order valence-electron chi connectivity index (χ1n) is 6.50. The van der Waals surface area contributed by atoms with Gasteiger partial charge < -0.3 is 14.7 Å². The van der Waals surface area contributed by atoms with Crippen LogP contribution in [0.2, 0.25) is 0 Å². The average molecular weight is 288 g/mol. The van der Waals surface area contributed by atoms with Gasteiger partial charge in [0.05, 0.1) is 6.54 Å². The molecule has 110 valence electrons. The van der Waals surface area contributed by atoms with Crippen LogP contribution in [-0.2, 0) is 4.79 Å². The normalized spacial score (nSPS) is 14.2. The maximum Gasteiger partial charge on any atom is 0.327 e. The third-order valence-corrected chi connectivity index (χ3v) is 2.98. The Balaban J connectivity index is 1.84. The van der Waals surface area contributed by atoms with Crippen LogP contribution in [0.15, 0.2) is 24.3 Å². The van der Waals surface area contributed by atoms with Crippen LogP contribution in [0.3, 0.4) is 0 Å². The van der Waals surface area contributed by atoms with Crippen molar-refractivity contribution in [2.45, 2.75) is 0 Å². The summed E-state index contributed by atoms with van der Waals surface area (Å²) in [5.41, 5.74) is 0.780. The topological polar surface area (TPSA) is 70.1 Å². The van der Waals surface area contributed by atoms with Crippen molar-refractivity contribution in [1.29, 1.82) is 0 Å². The van der Waals surface area contributed by atoms with Crippen molar-refractivity contribution in [3.8, 4) is 17.6 Å². The number of hydrogen-bond acceptors (Lipinski definition) is 4. The molecule has 0 radical (unpaired) electrons. The van der Waals surface area contributed by atoms with E-state index in [0.717, 1.165) is 5.56 Å². The highest BCUT2D eigenvalue weighted by Crippen LogP contribution is 2.12. The lowest BCUT2D eigenvalue weighted by molar-refractivity contribution is -0.125. The molecule has 2 rings (SSSR count). The van der Waals surface area contributed by atoms with Gasteiger partial charge in [0.1, 0.15) is 25.5 Å². The molecular weight excluding hydrogens is 272 g/mol. The Morgan fingerprint density at radius 2 is 2.00 bits per heavy atom. The monoisotopic (exact) mass is 288 g/mol. The zero-order valence-corrected chi connectivity index (χ0v) is 11.7. The Morgan fingerprint density at radius 1 is 1.29 bits per heavy atom. The van der Waals surface area contributed by atoms with E-state index in [-0.39, 0.29) is 38.2 Å². The van der Waals surface area contributed by atoms with Crippen LogP contribution in [0.25, 0.3) is 0 Å². The molecule has 1 fully saturated rings.